The highest BCUT2D eigenvalue weighted by molar-refractivity contribution is 6.05. The number of nitrogens with one attached hydrogen (secondary N) is 1. The fourth-order valence-corrected chi connectivity index (χ4v) is 3.82. The van der Waals surface area contributed by atoms with Crippen LogP contribution in [0.1, 0.15) is 28.0 Å². The van der Waals surface area contributed by atoms with E-state index in [0.717, 1.165) is 35.5 Å². The SMILES string of the molecule is O=C1Nc2cccc(n2)-c2nccn2CCCOCc2ccc(-c3ccc(CF)nc3)cc21. The molecule has 1 amide bonds. The molecule has 4 heterocycles. The second-order valence-corrected chi connectivity index (χ2v) is 7.76. The molecule has 33 heavy (non-hydrogen) atoms. The second-order valence-electron chi connectivity index (χ2n) is 7.76. The van der Waals surface area contributed by atoms with Crippen LogP contribution in [0.3, 0.4) is 0 Å². The minimum Gasteiger partial charge on any atom is -0.377 e. The molecule has 0 fully saturated rings. The molecule has 1 N–H and O–H groups in total. The number of hydrogen-bond donors (Lipinski definition) is 1. The number of carbonyl (C=O) groups excluding carboxylic acids is 1. The van der Waals surface area contributed by atoms with Gasteiger partial charge in [0.05, 0.1) is 12.3 Å². The Morgan fingerprint density at radius 2 is 2.00 bits per heavy atom. The monoisotopic (exact) mass is 443 g/mol. The molecule has 7 nitrogen and oxygen atoms in total. The molecule has 0 aliphatic carbocycles. The number of nitrogens with zero attached hydrogens (tertiary/aromatic N) is 4. The molecule has 0 saturated carbocycles. The number of carbonyl (C=O) groups is 1. The van der Waals surface area contributed by atoms with Crippen molar-refractivity contribution in [1.82, 2.24) is 19.5 Å². The average Bonchev–Trinajstić information content (AvgIpc) is 3.32. The third kappa shape index (κ3) is 4.51. The fourth-order valence-electron chi connectivity index (χ4n) is 3.82. The van der Waals surface area contributed by atoms with Crippen LogP contribution in [-0.2, 0) is 24.6 Å². The molecular formula is C25H22FN5O2. The van der Waals surface area contributed by atoms with Crippen LogP contribution in [0.4, 0.5) is 10.2 Å². The number of amides is 1. The number of pyridine rings is 2. The van der Waals surface area contributed by atoms with Crippen molar-refractivity contribution in [3.63, 3.8) is 0 Å². The van der Waals surface area contributed by atoms with E-state index in [9.17, 15) is 9.18 Å². The summed E-state index contributed by atoms with van der Waals surface area (Å²) in [5.41, 5.74) is 3.94. The number of aryl methyl sites for hydroxylation is 1. The van der Waals surface area contributed by atoms with Gasteiger partial charge in [-0.1, -0.05) is 24.3 Å². The van der Waals surface area contributed by atoms with Gasteiger partial charge in [-0.2, -0.15) is 0 Å². The molecule has 0 radical (unpaired) electrons. The summed E-state index contributed by atoms with van der Waals surface area (Å²) in [7, 11) is 0. The van der Waals surface area contributed by atoms with Crippen molar-refractivity contribution in [2.75, 3.05) is 11.9 Å². The van der Waals surface area contributed by atoms with Crippen LogP contribution in [0.15, 0.2) is 67.1 Å². The minimum absolute atomic E-state index is 0.283. The third-order valence-corrected chi connectivity index (χ3v) is 5.53. The first-order valence-corrected chi connectivity index (χ1v) is 10.7. The lowest BCUT2D eigenvalue weighted by atomic mass is 9.99. The van der Waals surface area contributed by atoms with Crippen molar-refractivity contribution in [2.24, 2.45) is 0 Å². The zero-order valence-corrected chi connectivity index (χ0v) is 17.9. The van der Waals surface area contributed by atoms with E-state index in [1.165, 1.54) is 0 Å². The predicted molar refractivity (Wildman–Crippen MR) is 122 cm³/mol. The Morgan fingerprint density at radius 3 is 2.85 bits per heavy atom. The van der Waals surface area contributed by atoms with Crippen molar-refractivity contribution in [2.45, 2.75) is 26.2 Å². The maximum Gasteiger partial charge on any atom is 0.257 e. The fraction of sp³-hybridized carbons (Fsp3) is 0.200. The topological polar surface area (TPSA) is 81.9 Å². The first kappa shape index (κ1) is 21.0. The van der Waals surface area contributed by atoms with E-state index in [2.05, 4.69) is 20.3 Å². The molecule has 1 aliphatic heterocycles. The van der Waals surface area contributed by atoms with E-state index in [0.29, 0.717) is 36.0 Å². The average molecular weight is 443 g/mol. The second kappa shape index (κ2) is 9.30. The van der Waals surface area contributed by atoms with Gasteiger partial charge in [0, 0.05) is 42.9 Å². The smallest absolute Gasteiger partial charge is 0.257 e. The van der Waals surface area contributed by atoms with Gasteiger partial charge in [0.15, 0.2) is 5.82 Å². The molecule has 0 unspecified atom stereocenters. The number of rotatable bonds is 2. The quantitative estimate of drug-likeness (QED) is 0.488. The lowest BCUT2D eigenvalue weighted by Gasteiger charge is -2.15. The predicted octanol–water partition coefficient (Wildman–Crippen LogP) is 4.65. The zero-order valence-electron chi connectivity index (χ0n) is 17.9. The molecule has 5 rings (SSSR count). The number of anilines is 1. The number of fused-ring (bicyclic) bond motifs is 5. The van der Waals surface area contributed by atoms with Gasteiger partial charge in [-0.3, -0.25) is 9.78 Å². The number of aromatic nitrogens is 4. The molecule has 0 spiro atoms. The molecule has 2 bridgehead atoms. The molecule has 8 heteroatoms. The van der Waals surface area contributed by atoms with Gasteiger partial charge in [-0.15, -0.1) is 0 Å². The highest BCUT2D eigenvalue weighted by Crippen LogP contribution is 2.25. The lowest BCUT2D eigenvalue weighted by Crippen LogP contribution is -2.17. The van der Waals surface area contributed by atoms with Crippen molar-refractivity contribution in [3.8, 4) is 22.6 Å². The first-order chi connectivity index (χ1) is 16.2. The maximum absolute atomic E-state index is 13.3. The number of benzene rings is 1. The summed E-state index contributed by atoms with van der Waals surface area (Å²) in [5, 5.41) is 2.90. The molecule has 1 aliphatic rings. The van der Waals surface area contributed by atoms with Crippen LogP contribution in [-0.4, -0.2) is 32.0 Å². The molecule has 1 aromatic carbocycles. The number of hydrogen-bond acceptors (Lipinski definition) is 5. The van der Waals surface area contributed by atoms with Gasteiger partial charge in [-0.25, -0.2) is 14.4 Å². The van der Waals surface area contributed by atoms with Gasteiger partial charge in [0.1, 0.15) is 18.2 Å². The molecule has 0 atom stereocenters. The van der Waals surface area contributed by atoms with E-state index in [1.54, 1.807) is 30.6 Å². The Kier molecular flexibility index (Phi) is 5.91. The van der Waals surface area contributed by atoms with Crippen LogP contribution in [0.25, 0.3) is 22.6 Å². The van der Waals surface area contributed by atoms with E-state index in [-0.39, 0.29) is 5.91 Å². The summed E-state index contributed by atoms with van der Waals surface area (Å²) < 4.78 is 20.7. The Hall–Kier alpha value is -3.91. The highest BCUT2D eigenvalue weighted by atomic mass is 19.1. The third-order valence-electron chi connectivity index (χ3n) is 5.53. The van der Waals surface area contributed by atoms with Crippen LogP contribution in [0, 0.1) is 0 Å². The maximum atomic E-state index is 13.3. The Labute approximate surface area is 190 Å². The number of imidazole rings is 1. The summed E-state index contributed by atoms with van der Waals surface area (Å²) >= 11 is 0. The van der Waals surface area contributed by atoms with Crippen LogP contribution in [0.2, 0.25) is 0 Å². The molecule has 3 aromatic heterocycles. The van der Waals surface area contributed by atoms with E-state index < -0.39 is 6.67 Å². The van der Waals surface area contributed by atoms with Crippen molar-refractivity contribution in [1.29, 1.82) is 0 Å². The standard InChI is InChI=1S/C25H22FN5O2/c26-14-20-8-7-18(15-28-20)17-5-6-19-16-33-12-2-10-31-11-9-27-24(31)22-3-1-4-23(29-22)30-25(32)21(19)13-17/h1,3-9,11,13,15H,2,10,12,14,16H2,(H,29,30,32). The zero-order chi connectivity index (χ0) is 22.6. The highest BCUT2D eigenvalue weighted by Gasteiger charge is 2.16. The molecule has 0 saturated heterocycles. The number of alkyl halides is 1. The Morgan fingerprint density at radius 1 is 1.09 bits per heavy atom. The normalized spacial score (nSPS) is 14.0. The Bertz CT molecular complexity index is 1290. The summed E-state index contributed by atoms with van der Waals surface area (Å²) in [6, 6.07) is 14.5. The summed E-state index contributed by atoms with van der Waals surface area (Å²) in [6.45, 7) is 0.993. The number of ether oxygens (including phenoxy) is 1. The lowest BCUT2D eigenvalue weighted by molar-refractivity contribution is 0.1000. The van der Waals surface area contributed by atoms with Crippen LogP contribution in [0.5, 0.6) is 0 Å². The largest absolute Gasteiger partial charge is 0.377 e. The van der Waals surface area contributed by atoms with E-state index in [1.807, 2.05) is 41.1 Å². The van der Waals surface area contributed by atoms with Gasteiger partial charge in [0.25, 0.3) is 5.91 Å². The van der Waals surface area contributed by atoms with Crippen molar-refractivity contribution >= 4 is 11.7 Å². The summed E-state index contributed by atoms with van der Waals surface area (Å²) in [4.78, 5) is 26.4. The van der Waals surface area contributed by atoms with Crippen LogP contribution < -0.4 is 5.32 Å². The van der Waals surface area contributed by atoms with E-state index >= 15 is 0 Å². The van der Waals surface area contributed by atoms with Crippen LogP contribution >= 0.6 is 0 Å². The molecular weight excluding hydrogens is 421 g/mol. The van der Waals surface area contributed by atoms with Crippen molar-refractivity contribution < 1.29 is 13.9 Å². The van der Waals surface area contributed by atoms with Gasteiger partial charge >= 0.3 is 0 Å². The molecule has 166 valence electrons. The molecule has 4 aromatic rings. The number of halogens is 1. The van der Waals surface area contributed by atoms with Gasteiger partial charge in [0.2, 0.25) is 0 Å². The first-order valence-electron chi connectivity index (χ1n) is 10.7. The summed E-state index contributed by atoms with van der Waals surface area (Å²) in [6.07, 6.45) is 6.07. The minimum atomic E-state index is -0.615. The van der Waals surface area contributed by atoms with Gasteiger partial charge < -0.3 is 14.6 Å². The van der Waals surface area contributed by atoms with Gasteiger partial charge in [-0.05, 0) is 41.8 Å². The van der Waals surface area contributed by atoms with Crippen molar-refractivity contribution in [3.05, 3.63) is 83.9 Å². The Balaban J connectivity index is 1.52. The summed E-state index contributed by atoms with van der Waals surface area (Å²) in [5.74, 6) is 0.902. The van der Waals surface area contributed by atoms with E-state index in [4.69, 9.17) is 4.74 Å².